The molecule has 3 rings (SSSR count). The van der Waals surface area contributed by atoms with E-state index in [1.54, 1.807) is 17.5 Å². The van der Waals surface area contributed by atoms with E-state index in [1.165, 1.54) is 12.8 Å². The number of rotatable bonds is 9. The van der Waals surface area contributed by atoms with Crippen LogP contribution >= 0.6 is 11.3 Å². The Morgan fingerprint density at radius 3 is 2.66 bits per heavy atom. The molecule has 0 aliphatic heterocycles. The van der Waals surface area contributed by atoms with Gasteiger partial charge in [-0.05, 0) is 71.3 Å². The van der Waals surface area contributed by atoms with Crippen molar-refractivity contribution < 1.29 is 14.3 Å². The molecule has 0 atom stereocenters. The Labute approximate surface area is 177 Å². The van der Waals surface area contributed by atoms with Crippen molar-refractivity contribution >= 4 is 17.4 Å². The van der Waals surface area contributed by atoms with Gasteiger partial charge in [-0.1, -0.05) is 0 Å². The lowest BCUT2D eigenvalue weighted by Gasteiger charge is -2.19. The second-order valence-corrected chi connectivity index (χ2v) is 9.54. The Kier molecular flexibility index (Phi) is 7.14. The smallest absolute Gasteiger partial charge is 0.407 e. The number of ether oxygens (including phenoxy) is 2. The molecule has 0 saturated heterocycles. The van der Waals surface area contributed by atoms with Gasteiger partial charge in [-0.25, -0.2) is 9.78 Å². The number of carbonyl (C=O) groups is 1. The van der Waals surface area contributed by atoms with Gasteiger partial charge in [0.1, 0.15) is 16.4 Å². The minimum absolute atomic E-state index is 0.406. The minimum atomic E-state index is -0.500. The Morgan fingerprint density at radius 1 is 1.28 bits per heavy atom. The van der Waals surface area contributed by atoms with Gasteiger partial charge in [0.25, 0.3) is 0 Å². The monoisotopic (exact) mass is 417 g/mol. The van der Waals surface area contributed by atoms with Crippen LogP contribution in [0.3, 0.4) is 0 Å². The van der Waals surface area contributed by atoms with Gasteiger partial charge in [-0.2, -0.15) is 0 Å². The first-order valence-corrected chi connectivity index (χ1v) is 11.0. The van der Waals surface area contributed by atoms with E-state index in [2.05, 4.69) is 22.2 Å². The maximum atomic E-state index is 11.8. The molecule has 0 spiro atoms. The lowest BCUT2D eigenvalue weighted by atomic mass is 10.2. The number of benzene rings is 1. The fourth-order valence-corrected chi connectivity index (χ4v) is 3.75. The number of carbonyl (C=O) groups excluding carboxylic acids is 1. The van der Waals surface area contributed by atoms with E-state index in [0.29, 0.717) is 6.54 Å². The molecule has 158 valence electrons. The third kappa shape index (κ3) is 7.33. The lowest BCUT2D eigenvalue weighted by Crippen LogP contribution is -2.31. The fraction of sp³-hybridized carbons (Fsp3) is 0.545. The van der Waals surface area contributed by atoms with Gasteiger partial charge in [-0.15, -0.1) is 11.3 Å². The summed E-state index contributed by atoms with van der Waals surface area (Å²) in [5, 5.41) is 3.68. The quantitative estimate of drug-likeness (QED) is 0.599. The SMILES string of the molecule is CN(CCCOc1ccc(-c2ncc(CNC(=O)OC(C)(C)C)s2)cc1)C1CC1. The summed E-state index contributed by atoms with van der Waals surface area (Å²) >= 11 is 1.56. The molecule has 7 heteroatoms. The van der Waals surface area contributed by atoms with Crippen molar-refractivity contribution in [2.75, 3.05) is 20.2 Å². The van der Waals surface area contributed by atoms with Crippen LogP contribution in [0, 0.1) is 0 Å². The van der Waals surface area contributed by atoms with Crippen LogP contribution in [0.25, 0.3) is 10.6 Å². The predicted molar refractivity (Wildman–Crippen MR) is 116 cm³/mol. The summed E-state index contributed by atoms with van der Waals surface area (Å²) < 4.78 is 11.1. The van der Waals surface area contributed by atoms with Gasteiger partial charge >= 0.3 is 6.09 Å². The average Bonchev–Trinajstić information content (AvgIpc) is 3.41. The van der Waals surface area contributed by atoms with Gasteiger partial charge in [-0.3, -0.25) is 0 Å². The average molecular weight is 418 g/mol. The van der Waals surface area contributed by atoms with Crippen molar-refractivity contribution in [1.82, 2.24) is 15.2 Å². The molecule has 1 fully saturated rings. The molecular weight excluding hydrogens is 386 g/mol. The summed E-state index contributed by atoms with van der Waals surface area (Å²) in [5.74, 6) is 0.881. The Bertz CT molecular complexity index is 794. The summed E-state index contributed by atoms with van der Waals surface area (Å²) in [6.07, 6.45) is 5.09. The zero-order chi connectivity index (χ0) is 20.9. The highest BCUT2D eigenvalue weighted by atomic mass is 32.1. The molecule has 1 saturated carbocycles. The van der Waals surface area contributed by atoms with Crippen molar-refractivity contribution in [3.05, 3.63) is 35.3 Å². The number of aromatic nitrogens is 1. The van der Waals surface area contributed by atoms with Gasteiger partial charge in [0.05, 0.1) is 13.2 Å². The number of nitrogens with zero attached hydrogens (tertiary/aromatic N) is 2. The van der Waals surface area contributed by atoms with Crippen LogP contribution in [-0.2, 0) is 11.3 Å². The molecule has 6 nitrogen and oxygen atoms in total. The second-order valence-electron chi connectivity index (χ2n) is 8.43. The molecule has 1 aromatic carbocycles. The highest BCUT2D eigenvalue weighted by Crippen LogP contribution is 2.27. The summed E-state index contributed by atoms with van der Waals surface area (Å²) in [7, 11) is 2.19. The molecule has 1 aromatic heterocycles. The van der Waals surface area contributed by atoms with Gasteiger partial charge in [0.15, 0.2) is 0 Å². The van der Waals surface area contributed by atoms with E-state index in [-0.39, 0.29) is 0 Å². The van der Waals surface area contributed by atoms with Crippen LogP contribution in [-0.4, -0.2) is 47.8 Å². The third-order valence-corrected chi connectivity index (χ3v) is 5.60. The molecule has 29 heavy (non-hydrogen) atoms. The zero-order valence-electron chi connectivity index (χ0n) is 17.7. The van der Waals surface area contributed by atoms with Crippen LogP contribution in [0.5, 0.6) is 5.75 Å². The molecule has 0 radical (unpaired) electrons. The fourth-order valence-electron chi connectivity index (χ4n) is 2.89. The van der Waals surface area contributed by atoms with Crippen molar-refractivity contribution in [2.45, 2.75) is 58.2 Å². The van der Waals surface area contributed by atoms with Gasteiger partial charge in [0, 0.05) is 29.2 Å². The summed E-state index contributed by atoms with van der Waals surface area (Å²) in [4.78, 5) is 19.6. The molecule has 0 unspecified atom stereocenters. The van der Waals surface area contributed by atoms with E-state index >= 15 is 0 Å². The van der Waals surface area contributed by atoms with E-state index in [9.17, 15) is 4.79 Å². The molecule has 1 aliphatic rings. The Balaban J connectivity index is 1.43. The molecule has 1 N–H and O–H groups in total. The van der Waals surface area contributed by atoms with Crippen molar-refractivity contribution in [2.24, 2.45) is 0 Å². The molecular formula is C22H31N3O3S. The third-order valence-electron chi connectivity index (χ3n) is 4.55. The number of amides is 1. The van der Waals surface area contributed by atoms with E-state index < -0.39 is 11.7 Å². The first kappa shape index (κ1) is 21.6. The van der Waals surface area contributed by atoms with E-state index in [4.69, 9.17) is 9.47 Å². The molecule has 2 aromatic rings. The number of hydrogen-bond acceptors (Lipinski definition) is 6. The predicted octanol–water partition coefficient (Wildman–Crippen LogP) is 4.70. The van der Waals surface area contributed by atoms with Crippen molar-refractivity contribution in [3.8, 4) is 16.3 Å². The maximum absolute atomic E-state index is 11.8. The van der Waals surface area contributed by atoms with Crippen LogP contribution in [0.15, 0.2) is 30.5 Å². The molecule has 1 heterocycles. The Morgan fingerprint density at radius 2 is 2.00 bits per heavy atom. The molecule has 1 amide bonds. The van der Waals surface area contributed by atoms with Crippen LogP contribution in [0.4, 0.5) is 4.79 Å². The number of nitrogens with one attached hydrogen (secondary N) is 1. The second kappa shape index (κ2) is 9.59. The zero-order valence-corrected chi connectivity index (χ0v) is 18.6. The normalized spacial score (nSPS) is 14.1. The summed E-state index contributed by atoms with van der Waals surface area (Å²) in [6, 6.07) is 8.82. The number of thiazole rings is 1. The van der Waals surface area contributed by atoms with Crippen molar-refractivity contribution in [3.63, 3.8) is 0 Å². The van der Waals surface area contributed by atoms with Gasteiger partial charge in [0.2, 0.25) is 0 Å². The topological polar surface area (TPSA) is 63.7 Å². The van der Waals surface area contributed by atoms with Crippen LogP contribution in [0.1, 0.15) is 44.9 Å². The first-order chi connectivity index (χ1) is 13.8. The van der Waals surface area contributed by atoms with Crippen molar-refractivity contribution in [1.29, 1.82) is 0 Å². The number of hydrogen-bond donors (Lipinski definition) is 1. The highest BCUT2D eigenvalue weighted by molar-refractivity contribution is 7.15. The molecule has 1 aliphatic carbocycles. The lowest BCUT2D eigenvalue weighted by molar-refractivity contribution is 0.0524. The standard InChI is InChI=1S/C22H31N3O3S/c1-22(2,3)28-21(26)24-15-19-14-23-20(29-19)16-6-10-18(11-7-16)27-13-5-12-25(4)17-8-9-17/h6-7,10-11,14,17H,5,8-9,12-13,15H2,1-4H3,(H,24,26). The Hall–Kier alpha value is -2.12. The van der Waals surface area contributed by atoms with Crippen LogP contribution < -0.4 is 10.1 Å². The first-order valence-electron chi connectivity index (χ1n) is 10.2. The summed E-state index contributed by atoms with van der Waals surface area (Å²) in [6.45, 7) is 7.76. The largest absolute Gasteiger partial charge is 0.494 e. The minimum Gasteiger partial charge on any atom is -0.494 e. The summed E-state index contributed by atoms with van der Waals surface area (Å²) in [5.41, 5.74) is 0.541. The van der Waals surface area contributed by atoms with E-state index in [0.717, 1.165) is 46.8 Å². The highest BCUT2D eigenvalue weighted by Gasteiger charge is 2.25. The molecule has 0 bridgehead atoms. The van der Waals surface area contributed by atoms with Crippen LogP contribution in [0.2, 0.25) is 0 Å². The number of alkyl carbamates (subject to hydrolysis) is 1. The van der Waals surface area contributed by atoms with Gasteiger partial charge < -0.3 is 19.7 Å². The maximum Gasteiger partial charge on any atom is 0.407 e. The van der Waals surface area contributed by atoms with E-state index in [1.807, 2.05) is 45.0 Å².